The normalized spacial score (nSPS) is 10.3. The van der Waals surface area contributed by atoms with Crippen LogP contribution in [0.25, 0.3) is 11.1 Å². The van der Waals surface area contributed by atoms with Crippen molar-refractivity contribution in [2.45, 2.75) is 0 Å². The number of methoxy groups -OCH3 is 1. The molecule has 0 fully saturated rings. The van der Waals surface area contributed by atoms with Crippen LogP contribution in [0.1, 0.15) is 15.9 Å². The van der Waals surface area contributed by atoms with Crippen molar-refractivity contribution in [2.75, 3.05) is 7.11 Å². The van der Waals surface area contributed by atoms with Crippen molar-refractivity contribution in [1.29, 1.82) is 0 Å². The first-order valence-corrected chi connectivity index (χ1v) is 7.23. The van der Waals surface area contributed by atoms with Crippen LogP contribution in [-0.4, -0.2) is 12.9 Å². The van der Waals surface area contributed by atoms with Gasteiger partial charge < -0.3 is 4.74 Å². The molecule has 3 heteroatoms. The van der Waals surface area contributed by atoms with Gasteiger partial charge in [0.1, 0.15) is 17.1 Å². The Balaban J connectivity index is 1.96. The van der Waals surface area contributed by atoms with Gasteiger partial charge in [0.05, 0.1) is 7.11 Å². The summed E-state index contributed by atoms with van der Waals surface area (Å²) in [6.07, 6.45) is 0. The van der Waals surface area contributed by atoms with E-state index in [1.165, 1.54) is 19.2 Å². The molecule has 0 aliphatic heterocycles. The van der Waals surface area contributed by atoms with Gasteiger partial charge in [-0.05, 0) is 23.3 Å². The Morgan fingerprint density at radius 1 is 0.826 bits per heavy atom. The summed E-state index contributed by atoms with van der Waals surface area (Å²) in [5.74, 6) is -0.733. The minimum atomic E-state index is -0.582. The van der Waals surface area contributed by atoms with E-state index in [-0.39, 0.29) is 17.1 Å². The van der Waals surface area contributed by atoms with Crippen molar-refractivity contribution in [2.24, 2.45) is 0 Å². The van der Waals surface area contributed by atoms with Gasteiger partial charge in [0, 0.05) is 5.56 Å². The molecule has 0 bridgehead atoms. The molecule has 0 amide bonds. The van der Waals surface area contributed by atoms with E-state index in [9.17, 15) is 9.18 Å². The molecule has 114 valence electrons. The fraction of sp³-hybridized carbons (Fsp3) is 0.0500. The fourth-order valence-corrected chi connectivity index (χ4v) is 2.48. The van der Waals surface area contributed by atoms with Gasteiger partial charge in [0.2, 0.25) is 0 Å². The molecular weight excluding hydrogens is 291 g/mol. The molecule has 23 heavy (non-hydrogen) atoms. The Labute approximate surface area is 134 Å². The van der Waals surface area contributed by atoms with Gasteiger partial charge in [-0.3, -0.25) is 4.79 Å². The number of hydrogen-bond acceptors (Lipinski definition) is 2. The maximum Gasteiger partial charge on any atom is 0.199 e. The van der Waals surface area contributed by atoms with Gasteiger partial charge in [-0.25, -0.2) is 4.39 Å². The molecule has 2 nitrogen and oxygen atoms in total. The Hall–Kier alpha value is -2.94. The van der Waals surface area contributed by atoms with E-state index in [2.05, 4.69) is 0 Å². The van der Waals surface area contributed by atoms with E-state index >= 15 is 0 Å². The third-order valence-corrected chi connectivity index (χ3v) is 3.68. The Morgan fingerprint density at radius 2 is 1.48 bits per heavy atom. The van der Waals surface area contributed by atoms with Gasteiger partial charge in [-0.15, -0.1) is 0 Å². The zero-order chi connectivity index (χ0) is 16.2. The summed E-state index contributed by atoms with van der Waals surface area (Å²) >= 11 is 0. The van der Waals surface area contributed by atoms with E-state index in [0.717, 1.165) is 11.1 Å². The lowest BCUT2D eigenvalue weighted by Crippen LogP contribution is -2.06. The number of ketones is 1. The summed E-state index contributed by atoms with van der Waals surface area (Å²) in [5, 5.41) is 0. The average Bonchev–Trinajstić information content (AvgIpc) is 2.62. The van der Waals surface area contributed by atoms with Crippen LogP contribution in [0, 0.1) is 5.82 Å². The van der Waals surface area contributed by atoms with Crippen molar-refractivity contribution in [3.63, 3.8) is 0 Å². The van der Waals surface area contributed by atoms with Crippen LogP contribution in [0.5, 0.6) is 5.75 Å². The second-order valence-electron chi connectivity index (χ2n) is 5.09. The van der Waals surface area contributed by atoms with Gasteiger partial charge in [0.15, 0.2) is 5.78 Å². The lowest BCUT2D eigenvalue weighted by Gasteiger charge is -2.09. The number of halogens is 1. The number of benzene rings is 3. The highest BCUT2D eigenvalue weighted by Crippen LogP contribution is 2.26. The fourth-order valence-electron chi connectivity index (χ4n) is 2.48. The highest BCUT2D eigenvalue weighted by molar-refractivity contribution is 6.11. The van der Waals surface area contributed by atoms with Gasteiger partial charge >= 0.3 is 0 Å². The van der Waals surface area contributed by atoms with Gasteiger partial charge in [-0.2, -0.15) is 0 Å². The molecule has 0 saturated carbocycles. The van der Waals surface area contributed by atoms with Crippen molar-refractivity contribution in [1.82, 2.24) is 0 Å². The first kappa shape index (κ1) is 15.0. The SMILES string of the molecule is COc1cccc(F)c1C(=O)c1ccc(-c2ccccc2)cc1. The molecular formula is C20H15FO2. The quantitative estimate of drug-likeness (QED) is 0.651. The summed E-state index contributed by atoms with van der Waals surface area (Å²) in [6, 6.07) is 21.3. The molecule has 3 aromatic rings. The molecule has 0 spiro atoms. The van der Waals surface area contributed by atoms with Crippen LogP contribution in [0.4, 0.5) is 4.39 Å². The number of carbonyl (C=O) groups is 1. The minimum absolute atomic E-state index is 0.0394. The van der Waals surface area contributed by atoms with Crippen LogP contribution in [0.2, 0.25) is 0 Å². The number of ether oxygens (including phenoxy) is 1. The molecule has 0 radical (unpaired) electrons. The second-order valence-corrected chi connectivity index (χ2v) is 5.09. The third kappa shape index (κ3) is 2.99. The molecule has 0 saturated heterocycles. The zero-order valence-corrected chi connectivity index (χ0v) is 12.6. The van der Waals surface area contributed by atoms with E-state index in [1.807, 2.05) is 42.5 Å². The highest BCUT2D eigenvalue weighted by Gasteiger charge is 2.19. The predicted molar refractivity (Wildman–Crippen MR) is 88.3 cm³/mol. The molecule has 3 aromatic carbocycles. The van der Waals surface area contributed by atoms with Crippen LogP contribution < -0.4 is 4.74 Å². The number of rotatable bonds is 4. The summed E-state index contributed by atoms with van der Waals surface area (Å²) in [6.45, 7) is 0. The zero-order valence-electron chi connectivity index (χ0n) is 12.6. The summed E-state index contributed by atoms with van der Waals surface area (Å²) in [5.41, 5.74) is 2.45. The monoisotopic (exact) mass is 306 g/mol. The Morgan fingerprint density at radius 3 is 2.13 bits per heavy atom. The average molecular weight is 306 g/mol. The van der Waals surface area contributed by atoms with Crippen molar-refractivity contribution in [3.8, 4) is 16.9 Å². The Bertz CT molecular complexity index is 824. The van der Waals surface area contributed by atoms with E-state index in [0.29, 0.717) is 5.56 Å². The van der Waals surface area contributed by atoms with E-state index < -0.39 is 5.82 Å². The highest BCUT2D eigenvalue weighted by atomic mass is 19.1. The molecule has 0 N–H and O–H groups in total. The third-order valence-electron chi connectivity index (χ3n) is 3.68. The molecule has 0 aliphatic rings. The summed E-state index contributed by atoms with van der Waals surface area (Å²) in [7, 11) is 1.42. The van der Waals surface area contributed by atoms with Crippen LogP contribution in [0.3, 0.4) is 0 Å². The number of hydrogen-bond donors (Lipinski definition) is 0. The molecule has 0 unspecified atom stereocenters. The molecule has 0 atom stereocenters. The molecule has 0 aliphatic carbocycles. The van der Waals surface area contributed by atoms with E-state index in [4.69, 9.17) is 4.74 Å². The minimum Gasteiger partial charge on any atom is -0.496 e. The number of carbonyl (C=O) groups excluding carboxylic acids is 1. The standard InChI is InChI=1S/C20H15FO2/c1-23-18-9-5-8-17(21)19(18)20(22)16-12-10-15(11-13-16)14-6-3-2-4-7-14/h2-13H,1H3. The smallest absolute Gasteiger partial charge is 0.199 e. The maximum atomic E-state index is 14.0. The van der Waals surface area contributed by atoms with Crippen LogP contribution >= 0.6 is 0 Å². The first-order chi connectivity index (χ1) is 11.2. The molecule has 3 rings (SSSR count). The van der Waals surface area contributed by atoms with Crippen molar-refractivity contribution < 1.29 is 13.9 Å². The van der Waals surface area contributed by atoms with Crippen LogP contribution in [0.15, 0.2) is 72.8 Å². The second kappa shape index (κ2) is 6.44. The summed E-state index contributed by atoms with van der Waals surface area (Å²) in [4.78, 5) is 12.6. The Kier molecular flexibility index (Phi) is 4.20. The lowest BCUT2D eigenvalue weighted by atomic mass is 9.98. The lowest BCUT2D eigenvalue weighted by molar-refractivity contribution is 0.103. The van der Waals surface area contributed by atoms with Crippen LogP contribution in [-0.2, 0) is 0 Å². The maximum absolute atomic E-state index is 14.0. The van der Waals surface area contributed by atoms with Crippen molar-refractivity contribution in [3.05, 3.63) is 89.7 Å². The topological polar surface area (TPSA) is 26.3 Å². The molecule has 0 aromatic heterocycles. The largest absolute Gasteiger partial charge is 0.496 e. The molecule has 0 heterocycles. The van der Waals surface area contributed by atoms with E-state index in [1.54, 1.807) is 18.2 Å². The first-order valence-electron chi connectivity index (χ1n) is 7.23. The van der Waals surface area contributed by atoms with Crippen molar-refractivity contribution >= 4 is 5.78 Å². The summed E-state index contributed by atoms with van der Waals surface area (Å²) < 4.78 is 19.1. The van der Waals surface area contributed by atoms with Gasteiger partial charge in [-0.1, -0.05) is 60.7 Å². The predicted octanol–water partition coefficient (Wildman–Crippen LogP) is 4.73. The van der Waals surface area contributed by atoms with Gasteiger partial charge in [0.25, 0.3) is 0 Å².